The van der Waals surface area contributed by atoms with E-state index in [1.807, 2.05) is 27.7 Å². The molecule has 0 aromatic carbocycles. The lowest BCUT2D eigenvalue weighted by atomic mass is 9.91. The van der Waals surface area contributed by atoms with Crippen LogP contribution in [-0.2, 0) is 38.1 Å². The number of carbonyl (C=O) groups is 4. The number of amides is 2. The number of rotatable bonds is 10. The van der Waals surface area contributed by atoms with Gasteiger partial charge in [0.2, 0.25) is 0 Å². The van der Waals surface area contributed by atoms with E-state index in [0.717, 1.165) is 0 Å². The Morgan fingerprint density at radius 2 is 1.18 bits per heavy atom. The number of hydrogen-bond donors (Lipinski definition) is 2. The van der Waals surface area contributed by atoms with Crippen LogP contribution in [0.3, 0.4) is 0 Å². The van der Waals surface area contributed by atoms with E-state index >= 15 is 9.59 Å². The molecule has 5 saturated heterocycles. The van der Waals surface area contributed by atoms with Crippen molar-refractivity contribution in [3.05, 3.63) is 48.3 Å². The number of nitrogens with zero attached hydrogens (tertiary/aromatic N) is 2. The van der Waals surface area contributed by atoms with Gasteiger partial charge in [0.1, 0.15) is 12.2 Å². The number of fused-ring (bicyclic) bond motifs is 4. The SMILES string of the molecule is CCC(C)C(O)C(C)C(=O)O[C@H]1C=COC=C2CC34SSS[C@]5(CC6=COC=C[C@H](OC(=O)C(C)C(O)C(C)CC)[C@H]6N5C3=O)C(=O)N4[C@@H]21. The summed E-state index contributed by atoms with van der Waals surface area (Å²) in [6.07, 6.45) is 6.75. The number of aliphatic hydroxyl groups excluding tert-OH is 2. The van der Waals surface area contributed by atoms with E-state index in [0.29, 0.717) is 24.0 Å². The molecule has 2 bridgehead atoms. The Hall–Kier alpha value is -2.59. The van der Waals surface area contributed by atoms with Crippen LogP contribution in [0.4, 0.5) is 0 Å². The summed E-state index contributed by atoms with van der Waals surface area (Å²) in [6.45, 7) is 10.8. The monoisotopic (exact) mass is 736 g/mol. The molecule has 7 aliphatic rings. The smallest absolute Gasteiger partial charge is 0.311 e. The minimum absolute atomic E-state index is 0.120. The van der Waals surface area contributed by atoms with E-state index in [1.54, 1.807) is 35.8 Å². The number of aliphatic hydroxyl groups is 2. The average Bonchev–Trinajstić information content (AvgIpc) is 3.33. The molecule has 7 heterocycles. The van der Waals surface area contributed by atoms with Gasteiger partial charge in [-0.25, -0.2) is 0 Å². The van der Waals surface area contributed by atoms with Crippen molar-refractivity contribution in [1.82, 2.24) is 9.80 Å². The van der Waals surface area contributed by atoms with Crippen LogP contribution < -0.4 is 0 Å². The predicted molar refractivity (Wildman–Crippen MR) is 184 cm³/mol. The minimum Gasteiger partial charge on any atom is -0.473 e. The molecule has 2 amide bonds. The fraction of sp³-hybridized carbons (Fsp3) is 0.647. The summed E-state index contributed by atoms with van der Waals surface area (Å²) < 4.78 is 23.3. The molecule has 268 valence electrons. The summed E-state index contributed by atoms with van der Waals surface area (Å²) in [5.74, 6) is -3.81. The number of ether oxygens (including phenoxy) is 4. The zero-order valence-electron chi connectivity index (χ0n) is 28.3. The Morgan fingerprint density at radius 3 is 1.55 bits per heavy atom. The molecule has 12 atom stereocenters. The molecule has 0 saturated carbocycles. The van der Waals surface area contributed by atoms with Gasteiger partial charge in [-0.3, -0.25) is 19.2 Å². The molecule has 49 heavy (non-hydrogen) atoms. The van der Waals surface area contributed by atoms with Gasteiger partial charge in [0.25, 0.3) is 11.8 Å². The molecule has 12 nitrogen and oxygen atoms in total. The van der Waals surface area contributed by atoms with Crippen LogP contribution in [0.5, 0.6) is 0 Å². The Bertz CT molecular complexity index is 1390. The topological polar surface area (TPSA) is 152 Å². The molecule has 7 aliphatic heterocycles. The standard InChI is InChI=1S/C34H44N2O10S3/c1-7-17(3)27(37)19(5)29(39)45-23-9-11-43-15-21-13-33-32(42)36-26-22(14-34(36,48-49-47-33)31(41)35(33)25(21)23)16-44-12-10-24(26)46-30(40)20(6)28(38)18(4)8-2/h9-12,15-20,23-28,37-38H,7-8,13-14H2,1-6H3/t17?,18?,19?,20?,23-,24-,25-,26-,27?,28?,33+,34?/m0/s1. The van der Waals surface area contributed by atoms with Crippen LogP contribution in [0, 0.1) is 23.7 Å². The highest BCUT2D eigenvalue weighted by Crippen LogP contribution is 2.69. The fourth-order valence-corrected chi connectivity index (χ4v) is 13.4. The van der Waals surface area contributed by atoms with Crippen molar-refractivity contribution < 1.29 is 48.3 Å². The van der Waals surface area contributed by atoms with Gasteiger partial charge in [0.15, 0.2) is 9.74 Å². The summed E-state index contributed by atoms with van der Waals surface area (Å²) in [6, 6.07) is -1.66. The normalized spacial score (nSPS) is 34.9. The maximum atomic E-state index is 15.0. The van der Waals surface area contributed by atoms with Crippen molar-refractivity contribution >= 4 is 55.2 Å². The van der Waals surface area contributed by atoms with Gasteiger partial charge in [-0.2, -0.15) is 0 Å². The third-order valence-corrected chi connectivity index (χ3v) is 15.9. The highest BCUT2D eigenvalue weighted by atomic mass is 33.5. The molecule has 7 rings (SSSR count). The molecule has 7 unspecified atom stereocenters. The van der Waals surface area contributed by atoms with E-state index in [2.05, 4.69) is 0 Å². The maximum Gasteiger partial charge on any atom is 0.311 e. The lowest BCUT2D eigenvalue weighted by Gasteiger charge is -2.51. The van der Waals surface area contributed by atoms with Crippen LogP contribution in [0.2, 0.25) is 0 Å². The largest absolute Gasteiger partial charge is 0.473 e. The van der Waals surface area contributed by atoms with Crippen molar-refractivity contribution in [1.29, 1.82) is 0 Å². The molecule has 0 aromatic rings. The Labute approximate surface area is 297 Å². The second-order valence-corrected chi connectivity index (χ2v) is 18.3. The van der Waals surface area contributed by atoms with Crippen molar-refractivity contribution in [3.63, 3.8) is 0 Å². The number of esters is 2. The second kappa shape index (κ2) is 13.9. The molecule has 2 N–H and O–H groups in total. The van der Waals surface area contributed by atoms with Crippen molar-refractivity contribution in [2.45, 2.75) is 113 Å². The van der Waals surface area contributed by atoms with E-state index in [9.17, 15) is 19.8 Å². The predicted octanol–water partition coefficient (Wildman–Crippen LogP) is 4.40. The zero-order valence-corrected chi connectivity index (χ0v) is 30.8. The number of hydrogen-bond acceptors (Lipinski definition) is 13. The van der Waals surface area contributed by atoms with Gasteiger partial charge in [-0.15, -0.1) is 0 Å². The summed E-state index contributed by atoms with van der Waals surface area (Å²) in [5.41, 5.74) is 1.23. The number of piperazine rings is 1. The molecule has 0 radical (unpaired) electrons. The first kappa shape index (κ1) is 36.2. The second-order valence-electron chi connectivity index (χ2n) is 13.8. The average molecular weight is 737 g/mol. The summed E-state index contributed by atoms with van der Waals surface area (Å²) in [5, 5.41) is 21.5. The summed E-state index contributed by atoms with van der Waals surface area (Å²) in [7, 11) is 3.90. The highest BCUT2D eigenvalue weighted by molar-refractivity contribution is 9.10. The van der Waals surface area contributed by atoms with Gasteiger partial charge < -0.3 is 39.0 Å². The third-order valence-electron chi connectivity index (χ3n) is 10.9. The van der Waals surface area contributed by atoms with Crippen molar-refractivity contribution in [3.8, 4) is 0 Å². The minimum atomic E-state index is -1.41. The third kappa shape index (κ3) is 5.81. The Kier molecular flexibility index (Phi) is 10.2. The molecule has 0 aliphatic carbocycles. The zero-order chi connectivity index (χ0) is 35.4. The maximum absolute atomic E-state index is 15.0. The summed E-state index contributed by atoms with van der Waals surface area (Å²) >= 11 is 0. The first-order chi connectivity index (χ1) is 23.3. The van der Waals surface area contributed by atoms with Crippen molar-refractivity contribution in [2.24, 2.45) is 23.7 Å². The molecule has 2 spiro atoms. The van der Waals surface area contributed by atoms with Gasteiger partial charge in [-0.1, -0.05) is 40.5 Å². The van der Waals surface area contributed by atoms with Gasteiger partial charge >= 0.3 is 11.9 Å². The number of carbonyl (C=O) groups excluding carboxylic acids is 4. The molecular weight excluding hydrogens is 693 g/mol. The van der Waals surface area contributed by atoms with E-state index in [4.69, 9.17) is 18.9 Å². The van der Waals surface area contributed by atoms with Crippen molar-refractivity contribution in [2.75, 3.05) is 0 Å². The first-order valence-electron chi connectivity index (χ1n) is 16.8. The van der Waals surface area contributed by atoms with Crippen LogP contribution in [-0.4, -0.2) is 90.0 Å². The first-order valence-corrected chi connectivity index (χ1v) is 20.3. The van der Waals surface area contributed by atoms with E-state index < -0.39 is 70.0 Å². The van der Waals surface area contributed by atoms with Crippen LogP contribution in [0.1, 0.15) is 67.2 Å². The summed E-state index contributed by atoms with van der Waals surface area (Å²) in [4.78, 5) is 57.2. The van der Waals surface area contributed by atoms with Gasteiger partial charge in [-0.05, 0) is 80.4 Å². The van der Waals surface area contributed by atoms with Crippen LogP contribution >= 0.6 is 31.4 Å². The molecule has 0 aromatic heterocycles. The highest BCUT2D eigenvalue weighted by Gasteiger charge is 2.76. The lowest BCUT2D eigenvalue weighted by Crippen LogP contribution is -2.73. The molecule has 15 heteroatoms. The van der Waals surface area contributed by atoms with Gasteiger partial charge in [0.05, 0.1) is 61.2 Å². The van der Waals surface area contributed by atoms with Crippen LogP contribution in [0.25, 0.3) is 0 Å². The fourth-order valence-electron chi connectivity index (χ4n) is 7.45. The van der Waals surface area contributed by atoms with Gasteiger partial charge in [0, 0.05) is 12.8 Å². The molecular formula is C34H44N2O10S3. The quantitative estimate of drug-likeness (QED) is 0.241. The van der Waals surface area contributed by atoms with E-state index in [-0.39, 0.29) is 36.5 Å². The molecule has 5 fully saturated rings. The lowest BCUT2D eigenvalue weighted by molar-refractivity contribution is -0.174. The Balaban J connectivity index is 1.33. The van der Waals surface area contributed by atoms with Crippen LogP contribution in [0.15, 0.2) is 48.3 Å². The van der Waals surface area contributed by atoms with E-state index in [1.165, 1.54) is 56.5 Å². The Morgan fingerprint density at radius 1 is 0.796 bits per heavy atom.